The quantitative estimate of drug-likeness (QED) is 0.604. The van der Waals surface area contributed by atoms with E-state index in [1.165, 1.54) is 0 Å². The van der Waals surface area contributed by atoms with Crippen molar-refractivity contribution in [1.82, 2.24) is 10.6 Å². The van der Waals surface area contributed by atoms with Gasteiger partial charge in [-0.25, -0.2) is 4.79 Å². The summed E-state index contributed by atoms with van der Waals surface area (Å²) in [5.74, 6) is -1.41. The first-order valence-corrected chi connectivity index (χ1v) is 5.51. The zero-order valence-corrected chi connectivity index (χ0v) is 9.77. The minimum absolute atomic E-state index is 0.0362. The number of amides is 4. The van der Waals surface area contributed by atoms with Crippen LogP contribution < -0.4 is 10.6 Å². The van der Waals surface area contributed by atoms with E-state index in [4.69, 9.17) is 0 Å². The van der Waals surface area contributed by atoms with Gasteiger partial charge in [0.05, 0.1) is 0 Å². The third-order valence-corrected chi connectivity index (χ3v) is 2.69. The Morgan fingerprint density at radius 3 is 2.11 bits per heavy atom. The van der Waals surface area contributed by atoms with E-state index in [0.717, 1.165) is 5.56 Å². The fourth-order valence-electron chi connectivity index (χ4n) is 1.73. The maximum atomic E-state index is 11.5. The zero-order valence-electron chi connectivity index (χ0n) is 9.77. The molecule has 0 radical (unpaired) electrons. The van der Waals surface area contributed by atoms with Gasteiger partial charge in [0.25, 0.3) is 11.8 Å². The molecule has 5 heteroatoms. The van der Waals surface area contributed by atoms with Gasteiger partial charge in [0.2, 0.25) is 0 Å². The van der Waals surface area contributed by atoms with Crippen LogP contribution in [0.15, 0.2) is 42.0 Å². The third kappa shape index (κ3) is 2.45. The molecule has 0 bridgehead atoms. The van der Waals surface area contributed by atoms with E-state index >= 15 is 0 Å². The van der Waals surface area contributed by atoms with Gasteiger partial charge in [-0.1, -0.05) is 43.3 Å². The average Bonchev–Trinajstić information content (AvgIpc) is 2.34. The van der Waals surface area contributed by atoms with Gasteiger partial charge in [-0.3, -0.25) is 20.2 Å². The Balaban J connectivity index is 2.25. The lowest BCUT2D eigenvalue weighted by Gasteiger charge is -2.15. The summed E-state index contributed by atoms with van der Waals surface area (Å²) in [5.41, 5.74) is 0.952. The molecule has 1 fully saturated rings. The number of imide groups is 2. The molecule has 1 aromatic carbocycles. The number of urea groups is 1. The van der Waals surface area contributed by atoms with E-state index in [-0.39, 0.29) is 11.5 Å². The lowest BCUT2D eigenvalue weighted by atomic mass is 9.97. The van der Waals surface area contributed by atoms with Crippen LogP contribution in [0.3, 0.4) is 0 Å². The molecule has 1 aliphatic rings. The molecule has 0 aliphatic carbocycles. The van der Waals surface area contributed by atoms with Gasteiger partial charge in [-0.2, -0.15) is 0 Å². The molecule has 18 heavy (non-hydrogen) atoms. The Bertz CT molecular complexity index is 512. The first kappa shape index (κ1) is 12.0. The average molecular weight is 244 g/mol. The summed E-state index contributed by atoms with van der Waals surface area (Å²) < 4.78 is 0. The van der Waals surface area contributed by atoms with E-state index in [1.807, 2.05) is 47.9 Å². The van der Waals surface area contributed by atoms with Crippen LogP contribution >= 0.6 is 0 Å². The van der Waals surface area contributed by atoms with Gasteiger partial charge in [-0.15, -0.1) is 0 Å². The number of hydrogen-bond acceptors (Lipinski definition) is 3. The monoisotopic (exact) mass is 244 g/mol. The fraction of sp³-hybridized carbons (Fsp3) is 0.154. The van der Waals surface area contributed by atoms with Gasteiger partial charge in [0.15, 0.2) is 0 Å². The number of carbonyl (C=O) groups is 3. The minimum Gasteiger partial charge on any atom is -0.273 e. The summed E-state index contributed by atoms with van der Waals surface area (Å²) in [6.45, 7) is 1.87. The molecule has 1 heterocycles. The number of nitrogens with one attached hydrogen (secondary N) is 2. The highest BCUT2D eigenvalue weighted by Gasteiger charge is 2.28. The fourth-order valence-corrected chi connectivity index (χ4v) is 1.73. The van der Waals surface area contributed by atoms with E-state index in [0.29, 0.717) is 0 Å². The zero-order chi connectivity index (χ0) is 13.1. The predicted octanol–water partition coefficient (Wildman–Crippen LogP) is 1.08. The normalized spacial score (nSPS) is 16.9. The topological polar surface area (TPSA) is 75.3 Å². The van der Waals surface area contributed by atoms with Crippen molar-refractivity contribution in [3.8, 4) is 0 Å². The molecule has 0 saturated carbocycles. The van der Waals surface area contributed by atoms with Crippen molar-refractivity contribution in [1.29, 1.82) is 0 Å². The van der Waals surface area contributed by atoms with Gasteiger partial charge in [0, 0.05) is 5.92 Å². The highest BCUT2D eigenvalue weighted by Crippen LogP contribution is 2.18. The number of hydrogen-bond donors (Lipinski definition) is 2. The molecule has 1 saturated heterocycles. The first-order valence-electron chi connectivity index (χ1n) is 5.51. The molecule has 4 amide bonds. The molecule has 5 nitrogen and oxygen atoms in total. The lowest BCUT2D eigenvalue weighted by Crippen LogP contribution is -2.51. The minimum atomic E-state index is -0.783. The van der Waals surface area contributed by atoms with E-state index in [2.05, 4.69) is 0 Å². The molecule has 92 valence electrons. The highest BCUT2D eigenvalue weighted by molar-refractivity contribution is 6.28. The maximum Gasteiger partial charge on any atom is 0.328 e. The predicted molar refractivity (Wildman–Crippen MR) is 64.6 cm³/mol. The lowest BCUT2D eigenvalue weighted by molar-refractivity contribution is -0.124. The van der Waals surface area contributed by atoms with E-state index in [9.17, 15) is 14.4 Å². The molecule has 1 aliphatic heterocycles. The molecule has 0 aromatic heterocycles. The van der Waals surface area contributed by atoms with Crippen LogP contribution in [0.1, 0.15) is 18.4 Å². The van der Waals surface area contributed by atoms with Crippen molar-refractivity contribution in [2.24, 2.45) is 0 Å². The second-order valence-corrected chi connectivity index (χ2v) is 4.02. The van der Waals surface area contributed by atoms with Crippen LogP contribution in [0.2, 0.25) is 0 Å². The Morgan fingerprint density at radius 2 is 1.56 bits per heavy atom. The van der Waals surface area contributed by atoms with Crippen LogP contribution in [0.25, 0.3) is 0 Å². The molecular formula is C13H12N2O3. The summed E-state index contributed by atoms with van der Waals surface area (Å²) >= 11 is 0. The van der Waals surface area contributed by atoms with Crippen LogP contribution in [-0.4, -0.2) is 17.8 Å². The van der Waals surface area contributed by atoms with Crippen molar-refractivity contribution < 1.29 is 14.4 Å². The maximum absolute atomic E-state index is 11.5. The standard InChI is InChI=1S/C13H12N2O3/c1-8(9-5-3-2-4-6-9)7-10-11(16)14-13(18)15-12(10)17/h2-8H,1H3,(H2,14,15,16,17,18)/t8-/m1/s1. The number of rotatable bonds is 2. The van der Waals surface area contributed by atoms with Crippen LogP contribution in [0.5, 0.6) is 0 Å². The second-order valence-electron chi connectivity index (χ2n) is 4.02. The Labute approximate surface area is 104 Å². The molecule has 2 N–H and O–H groups in total. The molecule has 2 rings (SSSR count). The van der Waals surface area contributed by atoms with Crippen molar-refractivity contribution in [2.45, 2.75) is 12.8 Å². The van der Waals surface area contributed by atoms with Crippen molar-refractivity contribution in [3.05, 3.63) is 47.5 Å². The van der Waals surface area contributed by atoms with E-state index in [1.54, 1.807) is 6.08 Å². The van der Waals surface area contributed by atoms with Gasteiger partial charge < -0.3 is 0 Å². The smallest absolute Gasteiger partial charge is 0.273 e. The molecule has 1 aromatic rings. The van der Waals surface area contributed by atoms with Crippen molar-refractivity contribution in [3.63, 3.8) is 0 Å². The molecule has 0 unspecified atom stereocenters. The summed E-state index contributed by atoms with van der Waals surface area (Å²) in [4.78, 5) is 33.9. The number of benzene rings is 1. The second kappa shape index (κ2) is 4.83. The van der Waals surface area contributed by atoms with Gasteiger partial charge >= 0.3 is 6.03 Å². The first-order chi connectivity index (χ1) is 8.58. The highest BCUT2D eigenvalue weighted by atomic mass is 16.2. The summed E-state index contributed by atoms with van der Waals surface area (Å²) in [6.07, 6.45) is 1.55. The largest absolute Gasteiger partial charge is 0.328 e. The number of carbonyl (C=O) groups excluding carboxylic acids is 3. The molecular weight excluding hydrogens is 232 g/mol. The Hall–Kier alpha value is -2.43. The number of barbiturate groups is 1. The van der Waals surface area contributed by atoms with E-state index < -0.39 is 17.8 Å². The SMILES string of the molecule is C[C@H](C=C1C(=O)NC(=O)NC1=O)c1ccccc1. The van der Waals surface area contributed by atoms with Gasteiger partial charge in [-0.05, 0) is 5.56 Å². The summed E-state index contributed by atoms with van der Waals surface area (Å²) in [7, 11) is 0. The van der Waals surface area contributed by atoms with Crippen molar-refractivity contribution in [2.75, 3.05) is 0 Å². The Kier molecular flexibility index (Phi) is 3.23. The summed E-state index contributed by atoms with van der Waals surface area (Å²) in [5, 5.41) is 4.08. The Morgan fingerprint density at radius 1 is 1.00 bits per heavy atom. The van der Waals surface area contributed by atoms with Crippen molar-refractivity contribution >= 4 is 17.8 Å². The number of allylic oxidation sites excluding steroid dienone is 1. The van der Waals surface area contributed by atoms with Crippen LogP contribution in [0.4, 0.5) is 4.79 Å². The molecule has 0 spiro atoms. The molecule has 1 atom stereocenters. The van der Waals surface area contributed by atoms with Crippen LogP contribution in [-0.2, 0) is 9.59 Å². The van der Waals surface area contributed by atoms with Crippen LogP contribution in [0, 0.1) is 0 Å². The third-order valence-electron chi connectivity index (χ3n) is 2.69. The summed E-state index contributed by atoms with van der Waals surface area (Å²) in [6, 6.07) is 8.69. The van der Waals surface area contributed by atoms with Gasteiger partial charge in [0.1, 0.15) is 5.57 Å².